The lowest BCUT2D eigenvalue weighted by Gasteiger charge is -2.23. The molecule has 1 N–H and O–H groups in total. The molecule has 12 heavy (non-hydrogen) atoms. The molecule has 1 aliphatic carbocycles. The van der Waals surface area contributed by atoms with Gasteiger partial charge in [-0.1, -0.05) is 12.2 Å². The zero-order valence-electron chi connectivity index (χ0n) is 7.34. The quantitative estimate of drug-likeness (QED) is 0.660. The Morgan fingerprint density at radius 2 is 1.92 bits per heavy atom. The fraction of sp³-hybridized carbons (Fsp3) is 0.750. The molecule has 0 aromatic carbocycles. The first-order valence-electron chi connectivity index (χ1n) is 4.11. The molecule has 1 rings (SSSR count). The molecule has 0 saturated heterocycles. The van der Waals surface area contributed by atoms with Crippen LogP contribution in [0.2, 0.25) is 0 Å². The largest absolute Gasteiger partial charge is 0.213 e. The van der Waals surface area contributed by atoms with Crippen LogP contribution in [-0.2, 0) is 10.0 Å². The highest BCUT2D eigenvalue weighted by atomic mass is 32.2. The van der Waals surface area contributed by atoms with Crippen LogP contribution in [0.1, 0.15) is 25.7 Å². The zero-order chi connectivity index (χ0) is 9.19. The number of hydrogen-bond acceptors (Lipinski definition) is 2. The van der Waals surface area contributed by atoms with Gasteiger partial charge in [0.25, 0.3) is 0 Å². The van der Waals surface area contributed by atoms with Gasteiger partial charge in [0.2, 0.25) is 10.0 Å². The van der Waals surface area contributed by atoms with E-state index in [-0.39, 0.29) is 6.04 Å². The van der Waals surface area contributed by atoms with Crippen molar-refractivity contribution >= 4 is 10.0 Å². The zero-order valence-corrected chi connectivity index (χ0v) is 8.15. The molecule has 1 fully saturated rings. The first-order chi connectivity index (χ1) is 5.47. The van der Waals surface area contributed by atoms with E-state index in [1.807, 2.05) is 0 Å². The Labute approximate surface area is 73.9 Å². The molecule has 0 aromatic rings. The summed E-state index contributed by atoms with van der Waals surface area (Å²) >= 11 is 0. The minimum Gasteiger partial charge on any atom is -0.213 e. The maximum absolute atomic E-state index is 10.8. The van der Waals surface area contributed by atoms with Crippen LogP contribution in [0.4, 0.5) is 0 Å². The smallest absolute Gasteiger partial charge is 0.208 e. The SMILES string of the molecule is C=C1CCC(NS(C)(=O)=O)CC1. The molecule has 0 spiro atoms. The van der Waals surface area contributed by atoms with Crippen LogP contribution in [0.5, 0.6) is 0 Å². The van der Waals surface area contributed by atoms with Crippen molar-refractivity contribution in [2.24, 2.45) is 0 Å². The average Bonchev–Trinajstić information content (AvgIpc) is 1.91. The Hall–Kier alpha value is -0.350. The van der Waals surface area contributed by atoms with E-state index in [0.717, 1.165) is 25.7 Å². The first-order valence-corrected chi connectivity index (χ1v) is 6.00. The molecule has 1 aliphatic rings. The molecule has 3 nitrogen and oxygen atoms in total. The highest BCUT2D eigenvalue weighted by Crippen LogP contribution is 2.21. The summed E-state index contributed by atoms with van der Waals surface area (Å²) < 4.78 is 24.3. The Bertz CT molecular complexity index is 259. The first kappa shape index (κ1) is 9.74. The highest BCUT2D eigenvalue weighted by Gasteiger charge is 2.18. The van der Waals surface area contributed by atoms with E-state index < -0.39 is 10.0 Å². The van der Waals surface area contributed by atoms with Crippen LogP contribution in [0, 0.1) is 0 Å². The van der Waals surface area contributed by atoms with Gasteiger partial charge in [0.1, 0.15) is 0 Å². The maximum atomic E-state index is 10.8. The molecule has 70 valence electrons. The standard InChI is InChI=1S/C8H15NO2S/c1-7-3-5-8(6-4-7)9-12(2,10)11/h8-9H,1,3-6H2,2H3. The Kier molecular flexibility index (Phi) is 2.90. The molecule has 0 aromatic heterocycles. The van der Waals surface area contributed by atoms with Gasteiger partial charge in [0, 0.05) is 6.04 Å². The van der Waals surface area contributed by atoms with E-state index in [9.17, 15) is 8.42 Å². The van der Waals surface area contributed by atoms with E-state index in [0.29, 0.717) is 0 Å². The lowest BCUT2D eigenvalue weighted by Crippen LogP contribution is -2.35. The maximum Gasteiger partial charge on any atom is 0.208 e. The van der Waals surface area contributed by atoms with Crippen LogP contribution < -0.4 is 4.72 Å². The van der Waals surface area contributed by atoms with Crippen LogP contribution in [-0.4, -0.2) is 20.7 Å². The molecule has 0 atom stereocenters. The van der Waals surface area contributed by atoms with Crippen molar-refractivity contribution in [1.82, 2.24) is 4.72 Å². The van der Waals surface area contributed by atoms with Crippen molar-refractivity contribution in [3.63, 3.8) is 0 Å². The second kappa shape index (κ2) is 3.58. The number of sulfonamides is 1. The third kappa shape index (κ3) is 3.36. The molecule has 0 unspecified atom stereocenters. The van der Waals surface area contributed by atoms with Crippen LogP contribution in [0.3, 0.4) is 0 Å². The van der Waals surface area contributed by atoms with Gasteiger partial charge in [-0.2, -0.15) is 0 Å². The van der Waals surface area contributed by atoms with E-state index in [1.54, 1.807) is 0 Å². The fourth-order valence-corrected chi connectivity index (χ4v) is 2.29. The van der Waals surface area contributed by atoms with E-state index in [4.69, 9.17) is 0 Å². The molecule has 0 bridgehead atoms. The van der Waals surface area contributed by atoms with Gasteiger partial charge >= 0.3 is 0 Å². The van der Waals surface area contributed by atoms with E-state index >= 15 is 0 Å². The van der Waals surface area contributed by atoms with Crippen molar-refractivity contribution in [3.8, 4) is 0 Å². The fourth-order valence-electron chi connectivity index (χ4n) is 1.45. The van der Waals surface area contributed by atoms with Crippen molar-refractivity contribution in [3.05, 3.63) is 12.2 Å². The van der Waals surface area contributed by atoms with Crippen molar-refractivity contribution in [1.29, 1.82) is 0 Å². The van der Waals surface area contributed by atoms with Crippen LogP contribution in [0.15, 0.2) is 12.2 Å². The minimum atomic E-state index is -3.02. The van der Waals surface area contributed by atoms with Crippen molar-refractivity contribution in [2.75, 3.05) is 6.26 Å². The number of allylic oxidation sites excluding steroid dienone is 1. The normalized spacial score (nSPS) is 21.2. The van der Waals surface area contributed by atoms with Crippen molar-refractivity contribution < 1.29 is 8.42 Å². The van der Waals surface area contributed by atoms with Crippen LogP contribution >= 0.6 is 0 Å². The third-order valence-corrected chi connectivity index (χ3v) is 2.83. The summed E-state index contributed by atoms with van der Waals surface area (Å²) in [5.41, 5.74) is 1.24. The van der Waals surface area contributed by atoms with Gasteiger partial charge < -0.3 is 0 Å². The van der Waals surface area contributed by atoms with Crippen molar-refractivity contribution in [2.45, 2.75) is 31.7 Å². The molecule has 0 radical (unpaired) electrons. The van der Waals surface area contributed by atoms with Gasteiger partial charge in [-0.05, 0) is 25.7 Å². The summed E-state index contributed by atoms with van der Waals surface area (Å²) in [4.78, 5) is 0. The summed E-state index contributed by atoms with van der Waals surface area (Å²) in [5, 5.41) is 0. The molecule has 0 heterocycles. The summed E-state index contributed by atoms with van der Waals surface area (Å²) in [6, 6.07) is 0.130. The Morgan fingerprint density at radius 3 is 2.33 bits per heavy atom. The van der Waals surface area contributed by atoms with Gasteiger partial charge in [-0.3, -0.25) is 0 Å². The Morgan fingerprint density at radius 1 is 1.42 bits per heavy atom. The molecule has 1 saturated carbocycles. The number of hydrogen-bond donors (Lipinski definition) is 1. The summed E-state index contributed by atoms with van der Waals surface area (Å²) in [5.74, 6) is 0. The van der Waals surface area contributed by atoms with Gasteiger partial charge in [-0.15, -0.1) is 0 Å². The average molecular weight is 189 g/mol. The predicted molar refractivity (Wildman–Crippen MR) is 49.4 cm³/mol. The predicted octanol–water partition coefficient (Wildman–Crippen LogP) is 1.03. The summed E-state index contributed by atoms with van der Waals surface area (Å²) in [7, 11) is -3.02. The van der Waals surface area contributed by atoms with E-state index in [1.165, 1.54) is 11.8 Å². The third-order valence-electron chi connectivity index (χ3n) is 2.07. The lowest BCUT2D eigenvalue weighted by molar-refractivity contribution is 0.468. The minimum absolute atomic E-state index is 0.130. The topological polar surface area (TPSA) is 46.2 Å². The summed E-state index contributed by atoms with van der Waals surface area (Å²) in [6.45, 7) is 3.87. The summed E-state index contributed by atoms with van der Waals surface area (Å²) in [6.07, 6.45) is 4.90. The Balaban J connectivity index is 2.41. The van der Waals surface area contributed by atoms with Gasteiger partial charge in [-0.25, -0.2) is 13.1 Å². The van der Waals surface area contributed by atoms with Gasteiger partial charge in [0.05, 0.1) is 6.26 Å². The second-order valence-electron chi connectivity index (χ2n) is 3.41. The van der Waals surface area contributed by atoms with Crippen LogP contribution in [0.25, 0.3) is 0 Å². The van der Waals surface area contributed by atoms with Gasteiger partial charge in [0.15, 0.2) is 0 Å². The van der Waals surface area contributed by atoms with E-state index in [2.05, 4.69) is 11.3 Å². The monoisotopic (exact) mass is 189 g/mol. The molecule has 4 heteroatoms. The second-order valence-corrected chi connectivity index (χ2v) is 5.19. The number of nitrogens with one attached hydrogen (secondary N) is 1. The number of rotatable bonds is 2. The molecular formula is C8H15NO2S. The highest BCUT2D eigenvalue weighted by molar-refractivity contribution is 7.88. The molecular weight excluding hydrogens is 174 g/mol. The molecule has 0 aliphatic heterocycles. The lowest BCUT2D eigenvalue weighted by atomic mass is 9.93. The molecule has 0 amide bonds.